The third-order valence-electron chi connectivity index (χ3n) is 3.14. The van der Waals surface area contributed by atoms with Crippen LogP contribution in [-0.4, -0.2) is 33.4 Å². The van der Waals surface area contributed by atoms with Crippen molar-refractivity contribution in [1.82, 2.24) is 15.5 Å². The molecule has 1 amide bonds. The molecule has 0 spiro atoms. The Kier molecular flexibility index (Phi) is 3.63. The third kappa shape index (κ3) is 2.97. The van der Waals surface area contributed by atoms with Gasteiger partial charge in [-0.05, 0) is 12.8 Å². The molecule has 0 saturated heterocycles. The van der Waals surface area contributed by atoms with Crippen LogP contribution in [0.4, 0.5) is 5.82 Å². The number of rotatable bonds is 2. The highest BCUT2D eigenvalue weighted by molar-refractivity contribution is 5.93. The summed E-state index contributed by atoms with van der Waals surface area (Å²) in [4.78, 5) is 11.8. The Balaban J connectivity index is 1.97. The molecular formula is C11H18N4O2. The highest BCUT2D eigenvalue weighted by Crippen LogP contribution is 2.18. The van der Waals surface area contributed by atoms with Crippen LogP contribution in [-0.2, 0) is 0 Å². The summed E-state index contributed by atoms with van der Waals surface area (Å²) in [6.45, 7) is 0. The predicted molar refractivity (Wildman–Crippen MR) is 63.3 cm³/mol. The number of nitrogens with zero attached hydrogens (tertiary/aromatic N) is 1. The molecule has 0 aliphatic heterocycles. The van der Waals surface area contributed by atoms with Gasteiger partial charge in [-0.25, -0.2) is 0 Å². The van der Waals surface area contributed by atoms with E-state index in [2.05, 4.69) is 15.5 Å². The van der Waals surface area contributed by atoms with Crippen molar-refractivity contribution in [2.75, 3.05) is 5.73 Å². The summed E-state index contributed by atoms with van der Waals surface area (Å²) in [5.74, 6) is 0.0247. The number of hydrogen-bond acceptors (Lipinski definition) is 4. The number of hydrogen-bond donors (Lipinski definition) is 4. The number of nitrogen functional groups attached to an aromatic ring is 1. The molecule has 2 unspecified atom stereocenters. The van der Waals surface area contributed by atoms with E-state index in [1.807, 2.05) is 0 Å². The first kappa shape index (κ1) is 11.9. The van der Waals surface area contributed by atoms with Crippen LogP contribution >= 0.6 is 0 Å². The van der Waals surface area contributed by atoms with Gasteiger partial charge in [-0.3, -0.25) is 9.89 Å². The second kappa shape index (κ2) is 5.18. The van der Waals surface area contributed by atoms with Gasteiger partial charge in [0.25, 0.3) is 5.91 Å². The number of nitrogens with two attached hydrogens (primary N) is 1. The van der Waals surface area contributed by atoms with Crippen molar-refractivity contribution in [3.8, 4) is 0 Å². The van der Waals surface area contributed by atoms with Crippen LogP contribution in [0.2, 0.25) is 0 Å². The van der Waals surface area contributed by atoms with Crippen molar-refractivity contribution < 1.29 is 9.90 Å². The number of H-pyrrole nitrogens is 1. The molecule has 1 saturated carbocycles. The summed E-state index contributed by atoms with van der Waals surface area (Å²) in [7, 11) is 0. The number of carbonyl (C=O) groups excluding carboxylic acids is 1. The van der Waals surface area contributed by atoms with Crippen LogP contribution in [0.25, 0.3) is 0 Å². The average Bonchev–Trinajstić information content (AvgIpc) is 2.63. The Morgan fingerprint density at radius 2 is 2.24 bits per heavy atom. The monoisotopic (exact) mass is 238 g/mol. The van der Waals surface area contributed by atoms with Crippen LogP contribution in [0.5, 0.6) is 0 Å². The molecule has 17 heavy (non-hydrogen) atoms. The van der Waals surface area contributed by atoms with Crippen molar-refractivity contribution >= 4 is 11.7 Å². The van der Waals surface area contributed by atoms with Crippen molar-refractivity contribution in [3.05, 3.63) is 11.8 Å². The van der Waals surface area contributed by atoms with Crippen molar-refractivity contribution in [3.63, 3.8) is 0 Å². The third-order valence-corrected chi connectivity index (χ3v) is 3.14. The van der Waals surface area contributed by atoms with E-state index in [0.717, 1.165) is 32.1 Å². The summed E-state index contributed by atoms with van der Waals surface area (Å²) in [6, 6.07) is 1.31. The minimum absolute atomic E-state index is 0.172. The second-order valence-electron chi connectivity index (χ2n) is 4.49. The molecule has 0 bridgehead atoms. The number of anilines is 1. The summed E-state index contributed by atoms with van der Waals surface area (Å²) in [5.41, 5.74) is 5.76. The van der Waals surface area contributed by atoms with E-state index < -0.39 is 6.10 Å². The predicted octanol–water partition coefficient (Wildman–Crippen LogP) is 0.415. The molecule has 1 aromatic heterocycles. The van der Waals surface area contributed by atoms with Crippen LogP contribution in [0.3, 0.4) is 0 Å². The van der Waals surface area contributed by atoms with Gasteiger partial charge in [0.1, 0.15) is 11.5 Å². The number of aliphatic hydroxyl groups excluding tert-OH is 1. The molecule has 1 aromatic rings. The molecule has 0 radical (unpaired) electrons. The number of carbonyl (C=O) groups is 1. The Morgan fingerprint density at radius 1 is 1.47 bits per heavy atom. The van der Waals surface area contributed by atoms with Gasteiger partial charge in [-0.15, -0.1) is 0 Å². The zero-order valence-corrected chi connectivity index (χ0v) is 9.65. The number of aromatic amines is 1. The van der Waals surface area contributed by atoms with E-state index in [4.69, 9.17) is 5.73 Å². The Hall–Kier alpha value is -1.56. The largest absolute Gasteiger partial charge is 0.391 e. The Bertz CT molecular complexity index is 391. The van der Waals surface area contributed by atoms with Crippen LogP contribution in [0.1, 0.15) is 42.6 Å². The summed E-state index contributed by atoms with van der Waals surface area (Å²) in [5, 5.41) is 19.0. The highest BCUT2D eigenvalue weighted by Gasteiger charge is 2.24. The van der Waals surface area contributed by atoms with Gasteiger partial charge in [-0.1, -0.05) is 19.3 Å². The molecule has 5 N–H and O–H groups in total. The van der Waals surface area contributed by atoms with E-state index in [1.165, 1.54) is 6.07 Å². The summed E-state index contributed by atoms with van der Waals surface area (Å²) < 4.78 is 0. The molecule has 1 fully saturated rings. The highest BCUT2D eigenvalue weighted by atomic mass is 16.3. The van der Waals surface area contributed by atoms with Crippen molar-refractivity contribution in [2.45, 2.75) is 44.2 Å². The number of nitrogens with one attached hydrogen (secondary N) is 2. The molecule has 0 aromatic carbocycles. The lowest BCUT2D eigenvalue weighted by atomic mass is 10.1. The Labute approximate surface area is 99.6 Å². The molecule has 2 atom stereocenters. The summed E-state index contributed by atoms with van der Waals surface area (Å²) >= 11 is 0. The lowest BCUT2D eigenvalue weighted by Crippen LogP contribution is -2.42. The zero-order chi connectivity index (χ0) is 12.3. The van der Waals surface area contributed by atoms with Gasteiger partial charge in [0.05, 0.1) is 12.1 Å². The number of aliphatic hydroxyl groups is 1. The number of amides is 1. The first-order valence-corrected chi connectivity index (χ1v) is 5.96. The first-order valence-electron chi connectivity index (χ1n) is 5.96. The lowest BCUT2D eigenvalue weighted by molar-refractivity contribution is 0.0814. The quantitative estimate of drug-likeness (QED) is 0.560. The van der Waals surface area contributed by atoms with Crippen molar-refractivity contribution in [2.24, 2.45) is 0 Å². The molecule has 2 rings (SSSR count). The maximum atomic E-state index is 11.8. The fourth-order valence-corrected chi connectivity index (χ4v) is 2.16. The van der Waals surface area contributed by atoms with Gasteiger partial charge in [-0.2, -0.15) is 5.10 Å². The van der Waals surface area contributed by atoms with Gasteiger partial charge < -0.3 is 16.2 Å². The smallest absolute Gasteiger partial charge is 0.269 e. The van der Waals surface area contributed by atoms with Crippen LogP contribution in [0.15, 0.2) is 6.07 Å². The fraction of sp³-hybridized carbons (Fsp3) is 0.636. The molecule has 6 nitrogen and oxygen atoms in total. The lowest BCUT2D eigenvalue weighted by Gasteiger charge is -2.21. The van der Waals surface area contributed by atoms with E-state index in [1.54, 1.807) is 0 Å². The van der Waals surface area contributed by atoms with Gasteiger partial charge >= 0.3 is 0 Å². The molecule has 1 aliphatic carbocycles. The molecule has 1 heterocycles. The van der Waals surface area contributed by atoms with E-state index in [0.29, 0.717) is 5.69 Å². The zero-order valence-electron chi connectivity index (χ0n) is 9.65. The normalized spacial score (nSPS) is 25.2. The average molecular weight is 238 g/mol. The van der Waals surface area contributed by atoms with E-state index >= 15 is 0 Å². The summed E-state index contributed by atoms with van der Waals surface area (Å²) in [6.07, 6.45) is 4.27. The maximum Gasteiger partial charge on any atom is 0.269 e. The SMILES string of the molecule is Nc1cc(C(=O)NC2CCCCCC2O)[nH]n1. The van der Waals surface area contributed by atoms with Crippen LogP contribution < -0.4 is 11.1 Å². The van der Waals surface area contributed by atoms with Crippen molar-refractivity contribution in [1.29, 1.82) is 0 Å². The molecule has 1 aliphatic rings. The molecule has 94 valence electrons. The maximum absolute atomic E-state index is 11.8. The number of aromatic nitrogens is 2. The van der Waals surface area contributed by atoms with E-state index in [9.17, 15) is 9.90 Å². The fourth-order valence-electron chi connectivity index (χ4n) is 2.16. The minimum Gasteiger partial charge on any atom is -0.391 e. The topological polar surface area (TPSA) is 104 Å². The standard InChI is InChI=1S/C11H18N4O2/c12-10-6-8(14-15-10)11(17)13-7-4-2-1-3-5-9(7)16/h6-7,9,16H,1-5H2,(H,13,17)(H3,12,14,15). The second-order valence-corrected chi connectivity index (χ2v) is 4.49. The molecule has 6 heteroatoms. The van der Waals surface area contributed by atoms with Gasteiger partial charge in [0, 0.05) is 6.07 Å². The van der Waals surface area contributed by atoms with E-state index in [-0.39, 0.29) is 17.8 Å². The van der Waals surface area contributed by atoms with Gasteiger partial charge in [0.2, 0.25) is 0 Å². The van der Waals surface area contributed by atoms with Crippen LogP contribution in [0, 0.1) is 0 Å². The minimum atomic E-state index is -0.457. The first-order chi connectivity index (χ1) is 8.16. The molecular weight excluding hydrogens is 220 g/mol. The van der Waals surface area contributed by atoms with Gasteiger partial charge in [0.15, 0.2) is 0 Å². The Morgan fingerprint density at radius 3 is 2.94 bits per heavy atom.